The number of amides is 2. The highest BCUT2D eigenvalue weighted by Crippen LogP contribution is 2.43. The number of nitrogens with zero attached hydrogens (tertiary/aromatic N) is 1. The molecule has 1 aromatic carbocycles. The first-order valence-corrected chi connectivity index (χ1v) is 12.5. The first-order valence-electron chi connectivity index (χ1n) is 9.58. The normalized spacial score (nSPS) is 21.1. The summed E-state index contributed by atoms with van der Waals surface area (Å²) in [7, 11) is -2.18. The summed E-state index contributed by atoms with van der Waals surface area (Å²) in [5, 5.41) is 21.9. The van der Waals surface area contributed by atoms with Crippen molar-refractivity contribution >= 4 is 20.0 Å². The molecule has 28 heavy (non-hydrogen) atoms. The largest absolute Gasteiger partial charge is 0.484 e. The predicted octanol–water partition coefficient (Wildman–Crippen LogP) is 1.51. The number of hydrogen-bond donors (Lipinski definition) is 3. The smallest absolute Gasteiger partial charge is 0.258 e. The molecule has 1 heterocycles. The van der Waals surface area contributed by atoms with Crippen molar-refractivity contribution in [2.24, 2.45) is 0 Å². The number of benzene rings is 1. The Hall–Kier alpha value is -1.90. The van der Waals surface area contributed by atoms with Gasteiger partial charge < -0.3 is 24.8 Å². The monoisotopic (exact) mass is 408 g/mol. The van der Waals surface area contributed by atoms with Crippen LogP contribution in [-0.4, -0.2) is 66.2 Å². The second-order valence-electron chi connectivity index (χ2n) is 8.80. The van der Waals surface area contributed by atoms with E-state index in [0.717, 1.165) is 0 Å². The van der Waals surface area contributed by atoms with Gasteiger partial charge in [0.05, 0.1) is 18.8 Å². The summed E-state index contributed by atoms with van der Waals surface area (Å²) in [5.41, 5.74) is 0. The van der Waals surface area contributed by atoms with Gasteiger partial charge in [0.2, 0.25) is 5.91 Å². The Kier molecular flexibility index (Phi) is 6.90. The number of nitrogens with one attached hydrogen (secondary N) is 1. The topological polar surface area (TPSA) is 99.1 Å². The highest BCUT2D eigenvalue weighted by molar-refractivity contribution is 6.80. The molecule has 1 aliphatic heterocycles. The van der Waals surface area contributed by atoms with E-state index in [4.69, 9.17) is 4.74 Å². The Morgan fingerprint density at radius 1 is 1.29 bits per heavy atom. The number of carbonyl (C=O) groups excluding carboxylic acids is 2. The average molecular weight is 409 g/mol. The molecule has 3 atom stereocenters. The van der Waals surface area contributed by atoms with Gasteiger partial charge in [-0.05, 0) is 23.6 Å². The van der Waals surface area contributed by atoms with Crippen LogP contribution in [-0.2, 0) is 9.59 Å². The highest BCUT2D eigenvalue weighted by Gasteiger charge is 2.57. The molecule has 0 bridgehead atoms. The van der Waals surface area contributed by atoms with Crippen LogP contribution in [0.1, 0.15) is 27.2 Å². The van der Waals surface area contributed by atoms with Crippen LogP contribution in [0, 0.1) is 0 Å². The molecule has 0 aromatic heterocycles. The van der Waals surface area contributed by atoms with Crippen LogP contribution in [0.2, 0.25) is 18.1 Å². The van der Waals surface area contributed by atoms with Crippen LogP contribution < -0.4 is 10.1 Å². The molecule has 2 amide bonds. The fraction of sp³-hybridized carbons (Fsp3) is 0.600. The number of para-hydroxylation sites is 1. The van der Waals surface area contributed by atoms with E-state index in [0.29, 0.717) is 5.75 Å². The number of aliphatic hydroxyl groups is 2. The lowest BCUT2D eigenvalue weighted by molar-refractivity contribution is -0.148. The number of hydrogen-bond acceptors (Lipinski definition) is 5. The van der Waals surface area contributed by atoms with Gasteiger partial charge in [-0.1, -0.05) is 52.1 Å². The third kappa shape index (κ3) is 4.74. The number of rotatable bonds is 8. The lowest BCUT2D eigenvalue weighted by Gasteiger charge is -2.58. The summed E-state index contributed by atoms with van der Waals surface area (Å²) in [5.74, 6) is 0.0584. The number of carbonyl (C=O) groups is 2. The van der Waals surface area contributed by atoms with Gasteiger partial charge in [-0.25, -0.2) is 0 Å². The molecule has 0 aliphatic carbocycles. The zero-order chi connectivity index (χ0) is 21.1. The van der Waals surface area contributed by atoms with Gasteiger partial charge in [0.25, 0.3) is 5.91 Å². The standard InChI is InChI=1S/C20H32N2O5Si/c1-20(2,3)28(4,5)22-16(11-14(24)12-23)18(19(22)26)21-17(25)13-27-15-9-7-6-8-10-15/h6-10,14,16,18,23-24H,11-13H2,1-5H3,(H,21,25)/t14-,16+,18+/m1/s1. The molecular weight excluding hydrogens is 376 g/mol. The van der Waals surface area contributed by atoms with Crippen LogP contribution >= 0.6 is 0 Å². The lowest BCUT2D eigenvalue weighted by Crippen LogP contribution is -2.79. The van der Waals surface area contributed by atoms with Gasteiger partial charge in [0.15, 0.2) is 14.8 Å². The van der Waals surface area contributed by atoms with Gasteiger partial charge in [0, 0.05) is 0 Å². The van der Waals surface area contributed by atoms with E-state index < -0.39 is 20.4 Å². The molecule has 0 unspecified atom stereocenters. The van der Waals surface area contributed by atoms with Gasteiger partial charge in [0.1, 0.15) is 11.8 Å². The van der Waals surface area contributed by atoms with Crippen molar-refractivity contribution in [1.29, 1.82) is 0 Å². The highest BCUT2D eigenvalue weighted by atomic mass is 28.3. The maximum absolute atomic E-state index is 12.9. The summed E-state index contributed by atoms with van der Waals surface area (Å²) in [6.45, 7) is 9.96. The molecule has 1 saturated heterocycles. The van der Waals surface area contributed by atoms with Crippen LogP contribution in [0.5, 0.6) is 5.75 Å². The van der Waals surface area contributed by atoms with E-state index in [9.17, 15) is 19.8 Å². The molecule has 1 aliphatic rings. The summed E-state index contributed by atoms with van der Waals surface area (Å²) < 4.78 is 7.30. The molecule has 7 nitrogen and oxygen atoms in total. The molecule has 3 N–H and O–H groups in total. The van der Waals surface area contributed by atoms with Crippen LogP contribution in [0.15, 0.2) is 30.3 Å². The minimum atomic E-state index is -2.18. The quantitative estimate of drug-likeness (QED) is 0.447. The first-order chi connectivity index (χ1) is 13.0. The second-order valence-corrected chi connectivity index (χ2v) is 13.9. The van der Waals surface area contributed by atoms with E-state index in [2.05, 4.69) is 39.2 Å². The van der Waals surface area contributed by atoms with Crippen molar-refractivity contribution in [2.45, 2.75) is 63.5 Å². The summed E-state index contributed by atoms with van der Waals surface area (Å²) in [4.78, 5) is 25.2. The maximum atomic E-state index is 12.9. The average Bonchev–Trinajstić information content (AvgIpc) is 2.63. The molecular formula is C20H32N2O5Si. The zero-order valence-corrected chi connectivity index (χ0v) is 18.3. The third-order valence-electron chi connectivity index (χ3n) is 5.81. The molecule has 0 saturated carbocycles. The third-order valence-corrected chi connectivity index (χ3v) is 11.2. The van der Waals surface area contributed by atoms with Gasteiger partial charge in [-0.15, -0.1) is 0 Å². The Morgan fingerprint density at radius 3 is 2.43 bits per heavy atom. The molecule has 8 heteroatoms. The fourth-order valence-electron chi connectivity index (χ4n) is 3.23. The summed E-state index contributed by atoms with van der Waals surface area (Å²) in [6, 6.07) is 7.94. The maximum Gasteiger partial charge on any atom is 0.258 e. The van der Waals surface area contributed by atoms with Crippen molar-refractivity contribution < 1.29 is 24.5 Å². The van der Waals surface area contributed by atoms with E-state index >= 15 is 0 Å². The predicted molar refractivity (Wildman–Crippen MR) is 109 cm³/mol. The fourth-order valence-corrected chi connectivity index (χ4v) is 5.73. The van der Waals surface area contributed by atoms with E-state index in [1.165, 1.54) is 0 Å². The van der Waals surface area contributed by atoms with Crippen molar-refractivity contribution in [2.75, 3.05) is 13.2 Å². The molecule has 156 valence electrons. The Balaban J connectivity index is 2.07. The van der Waals surface area contributed by atoms with Crippen molar-refractivity contribution in [3.05, 3.63) is 30.3 Å². The Labute approximate surface area is 167 Å². The molecule has 0 radical (unpaired) electrons. The van der Waals surface area contributed by atoms with Crippen LogP contribution in [0.25, 0.3) is 0 Å². The minimum absolute atomic E-state index is 0.0729. The lowest BCUT2D eigenvalue weighted by atomic mass is 9.93. The van der Waals surface area contributed by atoms with E-state index in [-0.39, 0.29) is 42.5 Å². The SMILES string of the molecule is CC(C)(C)[Si](C)(C)N1C(=O)[C@@H](NC(=O)COc2ccccc2)[C@@H]1C[C@@H](O)CO. The van der Waals surface area contributed by atoms with Crippen molar-refractivity contribution in [3.8, 4) is 5.75 Å². The molecule has 2 rings (SSSR count). The number of aliphatic hydroxyl groups excluding tert-OH is 2. The van der Waals surface area contributed by atoms with Crippen molar-refractivity contribution in [3.63, 3.8) is 0 Å². The molecule has 1 fully saturated rings. The Bertz CT molecular complexity index is 690. The van der Waals surface area contributed by atoms with Crippen LogP contribution in [0.4, 0.5) is 0 Å². The molecule has 1 aromatic rings. The van der Waals surface area contributed by atoms with Gasteiger partial charge >= 0.3 is 0 Å². The minimum Gasteiger partial charge on any atom is -0.484 e. The van der Waals surface area contributed by atoms with Gasteiger partial charge in [-0.2, -0.15) is 0 Å². The second kappa shape index (κ2) is 8.63. The summed E-state index contributed by atoms with van der Waals surface area (Å²) >= 11 is 0. The number of β-lactam (4-membered cyclic amide) rings is 1. The first kappa shape index (κ1) is 22.4. The van der Waals surface area contributed by atoms with Crippen molar-refractivity contribution in [1.82, 2.24) is 9.88 Å². The molecule has 0 spiro atoms. The summed E-state index contributed by atoms with van der Waals surface area (Å²) in [6.07, 6.45) is -0.718. The van der Waals surface area contributed by atoms with Gasteiger partial charge in [-0.3, -0.25) is 9.59 Å². The number of ether oxygens (including phenoxy) is 1. The van der Waals surface area contributed by atoms with E-state index in [1.54, 1.807) is 12.1 Å². The Morgan fingerprint density at radius 2 is 1.89 bits per heavy atom. The zero-order valence-electron chi connectivity index (χ0n) is 17.3. The van der Waals surface area contributed by atoms with Crippen LogP contribution in [0.3, 0.4) is 0 Å². The van der Waals surface area contributed by atoms with E-state index in [1.807, 2.05) is 22.8 Å².